The zero-order valence-electron chi connectivity index (χ0n) is 21.1. The smallest absolute Gasteiger partial charge is 0.335 e. The average molecular weight is 540 g/mol. The predicted octanol–water partition coefficient (Wildman–Crippen LogP) is 5.05. The lowest BCUT2D eigenvalue weighted by molar-refractivity contribution is -0.160. The largest absolute Gasteiger partial charge is 0.478 e. The monoisotopic (exact) mass is 539 g/mol. The molecule has 2 atom stereocenters. The highest BCUT2D eigenvalue weighted by atomic mass is 32.1. The summed E-state index contributed by atoms with van der Waals surface area (Å²) >= 11 is 4.97. The minimum atomic E-state index is -1.09. The van der Waals surface area contributed by atoms with Crippen molar-refractivity contribution in [2.75, 3.05) is 0 Å². The van der Waals surface area contributed by atoms with Gasteiger partial charge in [0.25, 0.3) is 0 Å². The molecular formula is C32H29NO5S. The Kier molecular flexibility index (Phi) is 8.96. The number of carbonyl (C=O) groups is 3. The standard InChI is InChI=1S/C32H29NO5S/c33-27(20-22-16-18-23(19-17-22)30(35)36)31(37)38-29(34)21-28(39)32(24-10-4-1-5-11-24,25-12-6-2-7-13-25)26-14-8-3-9-15-26/h1-19,27-28,39H,20-21,33H2,(H,35,36). The average Bonchev–Trinajstić information content (AvgIpc) is 2.95. The van der Waals surface area contributed by atoms with Crippen molar-refractivity contribution in [3.8, 4) is 0 Å². The quantitative estimate of drug-likeness (QED) is 0.113. The van der Waals surface area contributed by atoms with Crippen LogP contribution >= 0.6 is 12.6 Å². The summed E-state index contributed by atoms with van der Waals surface area (Å²) in [6.45, 7) is 0. The van der Waals surface area contributed by atoms with Gasteiger partial charge >= 0.3 is 17.9 Å². The number of esters is 2. The van der Waals surface area contributed by atoms with Gasteiger partial charge in [0.15, 0.2) is 0 Å². The Hall–Kier alpha value is -4.20. The Balaban J connectivity index is 1.57. The van der Waals surface area contributed by atoms with E-state index in [9.17, 15) is 14.4 Å². The SMILES string of the molecule is NC(Cc1ccc(C(=O)O)cc1)C(=O)OC(=O)CC(S)C(c1ccccc1)(c1ccccc1)c1ccccc1. The topological polar surface area (TPSA) is 107 Å². The van der Waals surface area contributed by atoms with Crippen molar-refractivity contribution in [2.24, 2.45) is 5.73 Å². The van der Waals surface area contributed by atoms with E-state index in [2.05, 4.69) is 0 Å². The van der Waals surface area contributed by atoms with Gasteiger partial charge in [-0.2, -0.15) is 12.6 Å². The van der Waals surface area contributed by atoms with Crippen molar-refractivity contribution in [3.05, 3.63) is 143 Å². The molecule has 0 radical (unpaired) electrons. The van der Waals surface area contributed by atoms with E-state index in [1.165, 1.54) is 12.1 Å². The normalized spacial score (nSPS) is 12.8. The number of benzene rings is 4. The summed E-state index contributed by atoms with van der Waals surface area (Å²) in [5.74, 6) is -2.63. The fourth-order valence-corrected chi connectivity index (χ4v) is 5.44. The molecule has 7 heteroatoms. The first-order valence-corrected chi connectivity index (χ1v) is 13.0. The van der Waals surface area contributed by atoms with Crippen LogP contribution in [0, 0.1) is 0 Å². The van der Waals surface area contributed by atoms with E-state index in [0.717, 1.165) is 16.7 Å². The molecule has 198 valence electrons. The van der Waals surface area contributed by atoms with E-state index in [4.69, 9.17) is 28.2 Å². The number of thiol groups is 1. The molecule has 0 aliphatic carbocycles. The van der Waals surface area contributed by atoms with Gasteiger partial charge in [-0.3, -0.25) is 4.79 Å². The highest BCUT2D eigenvalue weighted by Gasteiger charge is 2.43. The molecule has 4 aromatic carbocycles. The van der Waals surface area contributed by atoms with Crippen LogP contribution in [0.1, 0.15) is 39.0 Å². The maximum absolute atomic E-state index is 13.1. The Morgan fingerprint density at radius 2 is 1.18 bits per heavy atom. The molecule has 0 heterocycles. The molecule has 6 nitrogen and oxygen atoms in total. The molecule has 0 aliphatic rings. The number of hydrogen-bond acceptors (Lipinski definition) is 6. The minimum Gasteiger partial charge on any atom is -0.478 e. The Morgan fingerprint density at radius 3 is 1.59 bits per heavy atom. The maximum Gasteiger partial charge on any atom is 0.335 e. The summed E-state index contributed by atoms with van der Waals surface area (Å²) in [7, 11) is 0. The summed E-state index contributed by atoms with van der Waals surface area (Å²) in [6, 6.07) is 34.4. The van der Waals surface area contributed by atoms with Crippen molar-refractivity contribution in [1.82, 2.24) is 0 Å². The van der Waals surface area contributed by atoms with Crippen LogP contribution in [-0.4, -0.2) is 34.3 Å². The summed E-state index contributed by atoms with van der Waals surface area (Å²) in [6.07, 6.45) is -0.0636. The van der Waals surface area contributed by atoms with Gasteiger partial charge in [0.1, 0.15) is 6.04 Å². The van der Waals surface area contributed by atoms with Gasteiger partial charge in [-0.05, 0) is 40.8 Å². The summed E-state index contributed by atoms with van der Waals surface area (Å²) < 4.78 is 5.17. The summed E-state index contributed by atoms with van der Waals surface area (Å²) in [5.41, 5.74) is 8.83. The number of carbonyl (C=O) groups excluding carboxylic acids is 2. The molecule has 0 saturated carbocycles. The lowest BCUT2D eigenvalue weighted by Gasteiger charge is -2.40. The van der Waals surface area contributed by atoms with Crippen LogP contribution in [-0.2, 0) is 26.2 Å². The molecule has 0 spiro atoms. The first-order chi connectivity index (χ1) is 18.8. The van der Waals surface area contributed by atoms with Gasteiger partial charge < -0.3 is 15.6 Å². The second kappa shape index (κ2) is 12.6. The van der Waals surface area contributed by atoms with Crippen LogP contribution in [0.5, 0.6) is 0 Å². The molecule has 0 aromatic heterocycles. The molecule has 2 unspecified atom stereocenters. The molecule has 39 heavy (non-hydrogen) atoms. The molecule has 0 saturated heterocycles. The van der Waals surface area contributed by atoms with E-state index in [-0.39, 0.29) is 18.4 Å². The van der Waals surface area contributed by atoms with Crippen molar-refractivity contribution < 1.29 is 24.2 Å². The first-order valence-electron chi connectivity index (χ1n) is 12.5. The van der Waals surface area contributed by atoms with E-state index in [1.54, 1.807) is 12.1 Å². The first kappa shape index (κ1) is 27.8. The van der Waals surface area contributed by atoms with Gasteiger partial charge in [0.05, 0.1) is 17.4 Å². The number of aromatic carboxylic acids is 1. The van der Waals surface area contributed by atoms with Crippen molar-refractivity contribution in [3.63, 3.8) is 0 Å². The Labute approximate surface area is 232 Å². The van der Waals surface area contributed by atoms with Crippen LogP contribution in [0.2, 0.25) is 0 Å². The van der Waals surface area contributed by atoms with Crippen molar-refractivity contribution >= 4 is 30.5 Å². The van der Waals surface area contributed by atoms with Gasteiger partial charge in [0.2, 0.25) is 0 Å². The number of carboxylic acids is 1. The second-order valence-corrected chi connectivity index (χ2v) is 9.86. The van der Waals surface area contributed by atoms with Gasteiger partial charge in [-0.1, -0.05) is 103 Å². The fourth-order valence-electron chi connectivity index (χ4n) is 4.84. The number of ether oxygens (including phenoxy) is 1. The Bertz CT molecular complexity index is 1310. The molecule has 0 amide bonds. The highest BCUT2D eigenvalue weighted by Crippen LogP contribution is 2.45. The molecule has 0 bridgehead atoms. The van der Waals surface area contributed by atoms with E-state index >= 15 is 0 Å². The molecule has 0 aliphatic heterocycles. The van der Waals surface area contributed by atoms with Gasteiger partial charge in [0, 0.05) is 5.25 Å². The zero-order chi connectivity index (χ0) is 27.8. The molecule has 0 fully saturated rings. The lowest BCUT2D eigenvalue weighted by atomic mass is 9.66. The third-order valence-corrected chi connectivity index (χ3v) is 7.29. The van der Waals surface area contributed by atoms with E-state index in [1.807, 2.05) is 91.0 Å². The van der Waals surface area contributed by atoms with Crippen LogP contribution in [0.4, 0.5) is 0 Å². The predicted molar refractivity (Wildman–Crippen MR) is 153 cm³/mol. The summed E-state index contributed by atoms with van der Waals surface area (Å²) in [5, 5.41) is 8.46. The van der Waals surface area contributed by atoms with Crippen LogP contribution < -0.4 is 5.73 Å². The number of rotatable bonds is 10. The maximum atomic E-state index is 13.1. The van der Waals surface area contributed by atoms with Crippen LogP contribution in [0.25, 0.3) is 0 Å². The van der Waals surface area contributed by atoms with Crippen LogP contribution in [0.3, 0.4) is 0 Å². The third-order valence-electron chi connectivity index (χ3n) is 6.72. The number of nitrogens with two attached hydrogens (primary N) is 1. The van der Waals surface area contributed by atoms with Crippen molar-refractivity contribution in [1.29, 1.82) is 0 Å². The zero-order valence-corrected chi connectivity index (χ0v) is 22.0. The van der Waals surface area contributed by atoms with Gasteiger partial charge in [-0.25, -0.2) is 9.59 Å². The Morgan fingerprint density at radius 1 is 0.744 bits per heavy atom. The highest BCUT2D eigenvalue weighted by molar-refractivity contribution is 7.81. The second-order valence-electron chi connectivity index (χ2n) is 9.23. The molecule has 4 aromatic rings. The molecule has 3 N–H and O–H groups in total. The fraction of sp³-hybridized carbons (Fsp3) is 0.156. The van der Waals surface area contributed by atoms with Crippen molar-refractivity contribution in [2.45, 2.75) is 29.5 Å². The van der Waals surface area contributed by atoms with Gasteiger partial charge in [-0.15, -0.1) is 0 Å². The number of carboxylic acid groups (broad SMARTS) is 1. The third kappa shape index (κ3) is 6.28. The molecular weight excluding hydrogens is 510 g/mol. The lowest BCUT2D eigenvalue weighted by Crippen LogP contribution is -2.41. The van der Waals surface area contributed by atoms with E-state index in [0.29, 0.717) is 5.56 Å². The summed E-state index contributed by atoms with van der Waals surface area (Å²) in [4.78, 5) is 36.8. The van der Waals surface area contributed by atoms with Crippen LogP contribution in [0.15, 0.2) is 115 Å². The molecule has 4 rings (SSSR count). The van der Waals surface area contributed by atoms with E-state index < -0.39 is 34.6 Å². The minimum absolute atomic E-state index is 0.0955. The number of hydrogen-bond donors (Lipinski definition) is 3.